The highest BCUT2D eigenvalue weighted by molar-refractivity contribution is 5.17. The summed E-state index contributed by atoms with van der Waals surface area (Å²) in [6.45, 7) is 0.215. The van der Waals surface area contributed by atoms with Crippen LogP contribution >= 0.6 is 0 Å². The van der Waals surface area contributed by atoms with Gasteiger partial charge in [-0.1, -0.05) is 35.4 Å². The molecule has 0 spiro atoms. The second-order valence-corrected chi connectivity index (χ2v) is 4.44. The number of fused-ring (bicyclic) bond motifs is 1. The summed E-state index contributed by atoms with van der Waals surface area (Å²) >= 11 is 0. The van der Waals surface area contributed by atoms with Gasteiger partial charge in [0, 0.05) is 10.5 Å². The minimum atomic E-state index is -1.16. The Hall–Kier alpha value is -1.63. The number of nitrogens with zero attached hydrogens (tertiary/aromatic N) is 3. The van der Waals surface area contributed by atoms with E-state index in [4.69, 9.17) is 19.7 Å². The molecule has 0 saturated carbocycles. The van der Waals surface area contributed by atoms with E-state index < -0.39 is 24.7 Å². The molecule has 0 aromatic heterocycles. The largest absolute Gasteiger partial charge is 0.367 e. The van der Waals surface area contributed by atoms with Crippen molar-refractivity contribution < 1.29 is 19.3 Å². The molecule has 0 radical (unpaired) electrons. The van der Waals surface area contributed by atoms with Crippen molar-refractivity contribution in [1.29, 1.82) is 0 Å². The molecule has 2 aliphatic heterocycles. The van der Waals surface area contributed by atoms with Crippen molar-refractivity contribution in [3.05, 3.63) is 46.3 Å². The van der Waals surface area contributed by atoms with Gasteiger partial charge in [0.1, 0.15) is 18.2 Å². The molecule has 1 aromatic carbocycles. The number of hydrogen-bond donors (Lipinski definition) is 1. The average Bonchev–Trinajstić information content (AvgIpc) is 2.87. The second kappa shape index (κ2) is 5.16. The summed E-state index contributed by atoms with van der Waals surface area (Å²) in [6.07, 6.45) is -2.52. The summed E-state index contributed by atoms with van der Waals surface area (Å²) in [4.78, 5) is 2.72. The molecule has 2 saturated heterocycles. The van der Waals surface area contributed by atoms with Crippen LogP contribution in [0.2, 0.25) is 0 Å². The number of ether oxygens (including phenoxy) is 3. The predicted molar refractivity (Wildman–Crippen MR) is 63.8 cm³/mol. The normalized spacial score (nSPS) is 37.4. The number of azide groups is 1. The third kappa shape index (κ3) is 2.30. The van der Waals surface area contributed by atoms with E-state index in [1.54, 1.807) is 0 Å². The van der Waals surface area contributed by atoms with Crippen molar-refractivity contribution in [2.45, 2.75) is 30.8 Å². The predicted octanol–water partition coefficient (Wildman–Crippen LogP) is 1.50. The molecule has 2 fully saturated rings. The first kappa shape index (κ1) is 12.4. The van der Waals surface area contributed by atoms with Gasteiger partial charge in [-0.2, -0.15) is 0 Å². The highest BCUT2D eigenvalue weighted by Gasteiger charge is 2.47. The highest BCUT2D eigenvalue weighted by atomic mass is 16.7. The summed E-state index contributed by atoms with van der Waals surface area (Å²) in [6, 6.07) is 8.67. The number of aliphatic hydroxyl groups excluding tert-OH is 1. The second-order valence-electron chi connectivity index (χ2n) is 4.44. The molecule has 2 heterocycles. The summed E-state index contributed by atoms with van der Waals surface area (Å²) in [5.41, 5.74) is 9.42. The van der Waals surface area contributed by atoms with Gasteiger partial charge in [0.2, 0.25) is 0 Å². The first-order valence-electron chi connectivity index (χ1n) is 5.99. The maximum Gasteiger partial charge on any atom is 0.184 e. The van der Waals surface area contributed by atoms with Gasteiger partial charge >= 0.3 is 0 Å². The minimum Gasteiger partial charge on any atom is -0.367 e. The van der Waals surface area contributed by atoms with E-state index in [9.17, 15) is 5.11 Å². The molecule has 5 atom stereocenters. The monoisotopic (exact) mass is 263 g/mol. The van der Waals surface area contributed by atoms with Crippen LogP contribution in [-0.2, 0) is 14.2 Å². The van der Waals surface area contributed by atoms with E-state index in [1.807, 2.05) is 30.3 Å². The van der Waals surface area contributed by atoms with Gasteiger partial charge in [0.25, 0.3) is 0 Å². The topological polar surface area (TPSA) is 96.7 Å². The maximum absolute atomic E-state index is 9.68. The molecule has 100 valence electrons. The Morgan fingerprint density at radius 3 is 2.79 bits per heavy atom. The first-order chi connectivity index (χ1) is 9.29. The number of hydrogen-bond acceptors (Lipinski definition) is 5. The zero-order valence-electron chi connectivity index (χ0n) is 9.99. The van der Waals surface area contributed by atoms with Crippen molar-refractivity contribution in [1.82, 2.24) is 0 Å². The fraction of sp³-hybridized carbons (Fsp3) is 0.500. The molecule has 1 aromatic rings. The quantitative estimate of drug-likeness (QED) is 0.496. The van der Waals surface area contributed by atoms with Crippen LogP contribution in [0.5, 0.6) is 0 Å². The summed E-state index contributed by atoms with van der Waals surface area (Å²) in [5, 5.41) is 13.2. The average molecular weight is 263 g/mol. The van der Waals surface area contributed by atoms with E-state index in [0.29, 0.717) is 0 Å². The lowest BCUT2D eigenvalue weighted by Gasteiger charge is -2.31. The zero-order valence-corrected chi connectivity index (χ0v) is 9.99. The molecule has 3 rings (SSSR count). The lowest BCUT2D eigenvalue weighted by Crippen LogP contribution is -2.50. The summed E-state index contributed by atoms with van der Waals surface area (Å²) in [5.74, 6) is 0. The minimum absolute atomic E-state index is 0.215. The molecule has 7 heteroatoms. The molecular weight excluding hydrogens is 250 g/mol. The fourth-order valence-electron chi connectivity index (χ4n) is 2.34. The lowest BCUT2D eigenvalue weighted by molar-refractivity contribution is -0.178. The van der Waals surface area contributed by atoms with E-state index in [0.717, 1.165) is 5.56 Å². The van der Waals surface area contributed by atoms with Gasteiger partial charge in [-0.25, -0.2) is 0 Å². The Balaban J connectivity index is 1.81. The van der Waals surface area contributed by atoms with Crippen LogP contribution in [0.15, 0.2) is 35.4 Å². The zero-order chi connectivity index (χ0) is 13.2. The molecule has 0 unspecified atom stereocenters. The Labute approximate surface area is 109 Å². The van der Waals surface area contributed by atoms with Crippen LogP contribution in [0.1, 0.15) is 11.9 Å². The molecule has 1 N–H and O–H groups in total. The Morgan fingerprint density at radius 2 is 2.05 bits per heavy atom. The molecule has 0 amide bonds. The van der Waals surface area contributed by atoms with Crippen molar-refractivity contribution in [3.8, 4) is 0 Å². The van der Waals surface area contributed by atoms with Crippen LogP contribution in [0.4, 0.5) is 0 Å². The van der Waals surface area contributed by atoms with E-state index in [2.05, 4.69) is 10.0 Å². The van der Waals surface area contributed by atoms with Gasteiger partial charge in [0.05, 0.1) is 6.61 Å². The third-order valence-electron chi connectivity index (χ3n) is 3.26. The third-order valence-corrected chi connectivity index (χ3v) is 3.26. The van der Waals surface area contributed by atoms with Crippen molar-refractivity contribution in [2.24, 2.45) is 5.11 Å². The first-order valence-corrected chi connectivity index (χ1v) is 5.99. The Kier molecular flexibility index (Phi) is 3.37. The van der Waals surface area contributed by atoms with Crippen LogP contribution in [0.3, 0.4) is 0 Å². The molecule has 0 aliphatic carbocycles. The lowest BCUT2D eigenvalue weighted by atomic mass is 10.0. The molecule has 7 nitrogen and oxygen atoms in total. The standard InChI is InChI=1S/C12H13N3O4/c13-15-14-9-10-8(6-17-11(9)16)18-12(19-10)7-4-2-1-3-5-7/h1-5,8-12,16H,6H2/t8-,9+,10-,11-,12-/m1/s1. The molecule has 2 aliphatic rings. The summed E-state index contributed by atoms with van der Waals surface area (Å²) < 4.78 is 16.6. The van der Waals surface area contributed by atoms with Gasteiger partial charge < -0.3 is 19.3 Å². The SMILES string of the molecule is [N-]=[N+]=N[C@H]1[C@@H]2O[C@H](c3ccccc3)O[C@@H]2CO[C@H]1O. The number of aliphatic hydroxyl groups is 1. The van der Waals surface area contributed by atoms with Crippen LogP contribution in [-0.4, -0.2) is 36.3 Å². The van der Waals surface area contributed by atoms with Crippen LogP contribution in [0.25, 0.3) is 10.4 Å². The smallest absolute Gasteiger partial charge is 0.184 e. The van der Waals surface area contributed by atoms with Gasteiger partial charge in [-0.05, 0) is 5.53 Å². The van der Waals surface area contributed by atoms with Crippen LogP contribution in [0, 0.1) is 0 Å². The van der Waals surface area contributed by atoms with E-state index in [-0.39, 0.29) is 12.7 Å². The van der Waals surface area contributed by atoms with Gasteiger partial charge in [-0.3, -0.25) is 0 Å². The molecule has 0 bridgehead atoms. The number of benzene rings is 1. The maximum atomic E-state index is 9.68. The molecule has 19 heavy (non-hydrogen) atoms. The van der Waals surface area contributed by atoms with Crippen LogP contribution < -0.4 is 0 Å². The van der Waals surface area contributed by atoms with Crippen molar-refractivity contribution >= 4 is 0 Å². The van der Waals surface area contributed by atoms with Crippen molar-refractivity contribution in [3.63, 3.8) is 0 Å². The molecular formula is C12H13N3O4. The van der Waals surface area contributed by atoms with E-state index >= 15 is 0 Å². The Morgan fingerprint density at radius 1 is 1.26 bits per heavy atom. The highest BCUT2D eigenvalue weighted by Crippen LogP contribution is 2.36. The Bertz CT molecular complexity index is 491. The van der Waals surface area contributed by atoms with Gasteiger partial charge in [0.15, 0.2) is 12.6 Å². The van der Waals surface area contributed by atoms with Gasteiger partial charge in [-0.15, -0.1) is 0 Å². The summed E-state index contributed by atoms with van der Waals surface area (Å²) in [7, 11) is 0. The fourth-order valence-corrected chi connectivity index (χ4v) is 2.34. The van der Waals surface area contributed by atoms with Crippen molar-refractivity contribution in [2.75, 3.05) is 6.61 Å². The number of rotatable bonds is 2. The van der Waals surface area contributed by atoms with E-state index in [1.165, 1.54) is 0 Å².